The van der Waals surface area contributed by atoms with Gasteiger partial charge in [0.1, 0.15) is 6.54 Å². The van der Waals surface area contributed by atoms with Gasteiger partial charge in [-0.05, 0) is 49.3 Å². The van der Waals surface area contributed by atoms with Gasteiger partial charge in [-0.3, -0.25) is 24.1 Å². The number of likely N-dealkylation sites (tertiary alicyclic amines) is 1. The summed E-state index contributed by atoms with van der Waals surface area (Å²) in [7, 11) is 0. The summed E-state index contributed by atoms with van der Waals surface area (Å²) in [6.07, 6.45) is -1.85. The van der Waals surface area contributed by atoms with Crippen LogP contribution in [0.2, 0.25) is 0 Å². The summed E-state index contributed by atoms with van der Waals surface area (Å²) < 4.78 is 42.9. The molecular weight excluding hydrogens is 405 g/mol. The van der Waals surface area contributed by atoms with E-state index in [0.717, 1.165) is 42.4 Å². The Morgan fingerprint density at radius 3 is 2.33 bits per heavy atom. The fourth-order valence-electron chi connectivity index (χ4n) is 4.92. The number of ether oxygens (including phenoxy) is 1. The minimum atomic E-state index is -4.56. The molecule has 3 aliphatic rings. The van der Waals surface area contributed by atoms with Crippen LogP contribution >= 0.6 is 0 Å². The van der Waals surface area contributed by atoms with Crippen molar-refractivity contribution in [3.63, 3.8) is 0 Å². The number of rotatable bonds is 5. The van der Waals surface area contributed by atoms with Crippen LogP contribution in [0.15, 0.2) is 24.3 Å². The van der Waals surface area contributed by atoms with Crippen LogP contribution in [0.5, 0.6) is 0 Å². The Kier molecular flexibility index (Phi) is 5.03. The smallest absolute Gasteiger partial charge is 0.416 e. The molecule has 1 aromatic rings. The summed E-state index contributed by atoms with van der Waals surface area (Å²) in [4.78, 5) is 49.9. The van der Waals surface area contributed by atoms with Crippen molar-refractivity contribution in [3.05, 3.63) is 29.8 Å². The second-order valence-corrected chi connectivity index (χ2v) is 7.93. The second kappa shape index (κ2) is 7.41. The Labute approximate surface area is 169 Å². The first-order valence-electron chi connectivity index (χ1n) is 9.63. The van der Waals surface area contributed by atoms with Crippen LogP contribution in [-0.2, 0) is 30.1 Å². The van der Waals surface area contributed by atoms with Crippen LogP contribution in [-0.4, -0.2) is 41.7 Å². The number of anilines is 1. The van der Waals surface area contributed by atoms with Crippen molar-refractivity contribution >= 4 is 29.4 Å². The summed E-state index contributed by atoms with van der Waals surface area (Å²) in [6, 6.07) is 4.03. The average molecular weight is 424 g/mol. The molecule has 0 spiro atoms. The van der Waals surface area contributed by atoms with Gasteiger partial charge in [0, 0.05) is 5.69 Å². The first-order valence-corrected chi connectivity index (χ1v) is 9.63. The number of alkyl halides is 3. The van der Waals surface area contributed by atoms with E-state index in [4.69, 9.17) is 4.74 Å². The normalized spacial score (nSPS) is 27.4. The van der Waals surface area contributed by atoms with E-state index in [1.54, 1.807) is 0 Å². The van der Waals surface area contributed by atoms with Gasteiger partial charge in [0.2, 0.25) is 11.8 Å². The molecule has 1 saturated heterocycles. The first-order chi connectivity index (χ1) is 14.1. The monoisotopic (exact) mass is 424 g/mol. The molecule has 3 fully saturated rings. The van der Waals surface area contributed by atoms with Crippen LogP contribution in [0.4, 0.5) is 18.9 Å². The van der Waals surface area contributed by atoms with E-state index in [2.05, 4.69) is 5.32 Å². The number of hydrogen-bond acceptors (Lipinski definition) is 5. The minimum Gasteiger partial charge on any atom is -0.454 e. The largest absolute Gasteiger partial charge is 0.454 e. The highest BCUT2D eigenvalue weighted by atomic mass is 19.4. The fourth-order valence-corrected chi connectivity index (χ4v) is 4.92. The number of fused-ring (bicyclic) bond motifs is 5. The molecule has 0 unspecified atom stereocenters. The maximum Gasteiger partial charge on any atom is 0.416 e. The lowest BCUT2D eigenvalue weighted by Gasteiger charge is -2.19. The van der Waals surface area contributed by atoms with Gasteiger partial charge in [-0.1, -0.05) is 6.07 Å². The van der Waals surface area contributed by atoms with E-state index in [9.17, 15) is 32.3 Å². The maximum absolute atomic E-state index is 12.7. The summed E-state index contributed by atoms with van der Waals surface area (Å²) in [6.45, 7) is -1.32. The topological polar surface area (TPSA) is 92.8 Å². The molecule has 3 amide bonds. The lowest BCUT2D eigenvalue weighted by molar-refractivity contribution is -0.154. The zero-order chi connectivity index (χ0) is 21.6. The molecule has 2 aliphatic carbocycles. The molecule has 0 aromatic heterocycles. The van der Waals surface area contributed by atoms with Gasteiger partial charge < -0.3 is 10.1 Å². The van der Waals surface area contributed by atoms with Crippen molar-refractivity contribution in [2.45, 2.75) is 25.4 Å². The number of carbonyl (C=O) groups excluding carboxylic acids is 4. The van der Waals surface area contributed by atoms with Gasteiger partial charge in [-0.25, -0.2) is 0 Å². The number of imide groups is 1. The van der Waals surface area contributed by atoms with Gasteiger partial charge in [-0.15, -0.1) is 0 Å². The Morgan fingerprint density at radius 2 is 1.73 bits per heavy atom. The highest BCUT2D eigenvalue weighted by Crippen LogP contribution is 2.56. The molecule has 4 atom stereocenters. The van der Waals surface area contributed by atoms with Crippen molar-refractivity contribution < 1.29 is 37.1 Å². The second-order valence-electron chi connectivity index (χ2n) is 7.93. The number of carbonyl (C=O) groups is 4. The molecule has 0 radical (unpaired) electrons. The molecule has 2 bridgehead atoms. The highest BCUT2D eigenvalue weighted by molar-refractivity contribution is 6.07. The average Bonchev–Trinajstić information content (AvgIpc) is 3.36. The number of nitrogens with one attached hydrogen (secondary N) is 1. The Bertz CT molecular complexity index is 888. The Morgan fingerprint density at radius 1 is 1.10 bits per heavy atom. The number of hydrogen-bond donors (Lipinski definition) is 1. The lowest BCUT2D eigenvalue weighted by Crippen LogP contribution is -2.38. The zero-order valence-electron chi connectivity index (χ0n) is 15.8. The predicted molar refractivity (Wildman–Crippen MR) is 95.6 cm³/mol. The summed E-state index contributed by atoms with van der Waals surface area (Å²) in [5, 5.41) is 2.21. The van der Waals surface area contributed by atoms with E-state index in [1.165, 1.54) is 6.07 Å². The van der Waals surface area contributed by atoms with Gasteiger partial charge in [-0.2, -0.15) is 13.2 Å². The van der Waals surface area contributed by atoms with Gasteiger partial charge in [0.05, 0.1) is 17.4 Å². The maximum atomic E-state index is 12.7. The number of benzene rings is 1. The molecule has 7 nitrogen and oxygen atoms in total. The van der Waals surface area contributed by atoms with E-state index < -0.39 is 36.8 Å². The molecule has 1 aromatic carbocycles. The molecule has 1 aliphatic heterocycles. The minimum absolute atomic E-state index is 0.0981. The molecule has 1 heterocycles. The third-order valence-electron chi connectivity index (χ3n) is 6.14. The Balaban J connectivity index is 1.29. The number of amides is 3. The van der Waals surface area contributed by atoms with Crippen molar-refractivity contribution in [2.24, 2.45) is 23.7 Å². The molecule has 1 N–H and O–H groups in total. The summed E-state index contributed by atoms with van der Waals surface area (Å²) >= 11 is 0. The summed E-state index contributed by atoms with van der Waals surface area (Å²) in [5.74, 6) is -2.81. The molecule has 10 heteroatoms. The first kappa shape index (κ1) is 20.4. The van der Waals surface area contributed by atoms with E-state index in [0.29, 0.717) is 0 Å². The number of esters is 1. The summed E-state index contributed by atoms with van der Waals surface area (Å²) in [5.41, 5.74) is -1.03. The highest BCUT2D eigenvalue weighted by Gasteiger charge is 2.61. The molecule has 4 rings (SSSR count). The van der Waals surface area contributed by atoms with Crippen LogP contribution in [0.25, 0.3) is 0 Å². The third kappa shape index (κ3) is 3.66. The molecule has 160 valence electrons. The molecule has 2 saturated carbocycles. The van der Waals surface area contributed by atoms with Gasteiger partial charge in [0.15, 0.2) is 6.61 Å². The predicted octanol–water partition coefficient (Wildman–Crippen LogP) is 2.22. The van der Waals surface area contributed by atoms with Crippen LogP contribution in [0.1, 0.15) is 24.8 Å². The standard InChI is InChI=1S/C20H19F3N2O5/c21-20(22,23)12-2-1-3-13(7-12)24-14(26)9-30-15(27)8-25-18(28)16-10-4-5-11(6-10)17(16)19(25)29/h1-3,7,10-11,16-17H,4-6,8-9H2,(H,24,26)/t10-,11-,16+,17+/m0/s1. The SMILES string of the molecule is O=C(COC(=O)CN1C(=O)[C@@H]2[C@H]3CC[C@@H](C3)[C@H]2C1=O)Nc1cccc(C(F)(F)F)c1. The zero-order valence-corrected chi connectivity index (χ0v) is 15.8. The van der Waals surface area contributed by atoms with E-state index in [-0.39, 0.29) is 41.2 Å². The third-order valence-corrected chi connectivity index (χ3v) is 6.14. The number of nitrogens with zero attached hydrogens (tertiary/aromatic N) is 1. The van der Waals surface area contributed by atoms with Crippen molar-refractivity contribution in [3.8, 4) is 0 Å². The molecule has 30 heavy (non-hydrogen) atoms. The van der Waals surface area contributed by atoms with Gasteiger partial charge in [0.25, 0.3) is 5.91 Å². The lowest BCUT2D eigenvalue weighted by atomic mass is 9.81. The Hall–Kier alpha value is -2.91. The van der Waals surface area contributed by atoms with Crippen molar-refractivity contribution in [1.82, 2.24) is 4.90 Å². The fraction of sp³-hybridized carbons (Fsp3) is 0.500. The van der Waals surface area contributed by atoms with Crippen LogP contribution in [0, 0.1) is 23.7 Å². The quantitative estimate of drug-likeness (QED) is 0.578. The van der Waals surface area contributed by atoms with Crippen molar-refractivity contribution in [2.75, 3.05) is 18.5 Å². The van der Waals surface area contributed by atoms with Crippen LogP contribution < -0.4 is 5.32 Å². The van der Waals surface area contributed by atoms with E-state index in [1.807, 2.05) is 0 Å². The number of halogens is 3. The van der Waals surface area contributed by atoms with E-state index >= 15 is 0 Å². The van der Waals surface area contributed by atoms with Gasteiger partial charge >= 0.3 is 12.1 Å². The van der Waals surface area contributed by atoms with Crippen LogP contribution in [0.3, 0.4) is 0 Å². The van der Waals surface area contributed by atoms with Crippen molar-refractivity contribution in [1.29, 1.82) is 0 Å². The molecular formula is C20H19F3N2O5.